The summed E-state index contributed by atoms with van der Waals surface area (Å²) in [6, 6.07) is 51.5. The van der Waals surface area contributed by atoms with E-state index in [4.69, 9.17) is 18.9 Å². The third-order valence-corrected chi connectivity index (χ3v) is 12.9. The Kier molecular flexibility index (Phi) is 7.24. The molecule has 0 saturated heterocycles. The van der Waals surface area contributed by atoms with Crippen LogP contribution in [-0.4, -0.2) is 13.6 Å². The first-order valence-corrected chi connectivity index (χ1v) is 17.2. The van der Waals surface area contributed by atoms with Gasteiger partial charge in [0, 0.05) is 10.6 Å². The molecule has 0 aromatic heterocycles. The second-order valence-electron chi connectivity index (χ2n) is 10.4. The molecule has 44 heavy (non-hydrogen) atoms. The van der Waals surface area contributed by atoms with Gasteiger partial charge in [0.25, 0.3) is 0 Å². The Hall–Kier alpha value is -4.62. The largest absolute Gasteiger partial charge is 0.454 e. The van der Waals surface area contributed by atoms with Crippen molar-refractivity contribution in [3.05, 3.63) is 146 Å². The van der Waals surface area contributed by atoms with Gasteiger partial charge >= 0.3 is 0 Å². The van der Waals surface area contributed by atoms with Crippen molar-refractivity contribution in [2.75, 3.05) is 13.6 Å². The lowest BCUT2D eigenvalue weighted by Crippen LogP contribution is -2.26. The monoisotopic (exact) mass is 610 g/mol. The second-order valence-corrected chi connectivity index (χ2v) is 14.7. The number of rotatable bonds is 7. The van der Waals surface area contributed by atoms with Crippen LogP contribution >= 0.6 is 15.8 Å². The van der Waals surface area contributed by atoms with Crippen molar-refractivity contribution in [1.82, 2.24) is 0 Å². The fraction of sp³-hybridized carbons (Fsp3) is 0.0526. The zero-order chi connectivity index (χ0) is 29.3. The van der Waals surface area contributed by atoms with Crippen molar-refractivity contribution in [2.24, 2.45) is 0 Å². The Balaban J connectivity index is 1.45. The molecule has 0 atom stereocenters. The quantitative estimate of drug-likeness (QED) is 0.198. The van der Waals surface area contributed by atoms with Gasteiger partial charge in [-0.2, -0.15) is 0 Å². The summed E-state index contributed by atoms with van der Waals surface area (Å²) in [7, 11) is -2.02. The van der Waals surface area contributed by atoms with Gasteiger partial charge in [-0.15, -0.1) is 0 Å². The molecule has 8 rings (SSSR count). The molecular formula is C38H28O4P2. The zero-order valence-corrected chi connectivity index (χ0v) is 25.6. The van der Waals surface area contributed by atoms with Crippen LogP contribution in [0, 0.1) is 0 Å². The Morgan fingerprint density at radius 1 is 0.341 bits per heavy atom. The topological polar surface area (TPSA) is 36.9 Å². The molecule has 0 fully saturated rings. The van der Waals surface area contributed by atoms with Crippen LogP contribution in [0.2, 0.25) is 0 Å². The van der Waals surface area contributed by atoms with E-state index in [2.05, 4.69) is 133 Å². The van der Waals surface area contributed by atoms with Crippen LogP contribution in [0.1, 0.15) is 0 Å². The Morgan fingerprint density at radius 2 is 0.659 bits per heavy atom. The summed E-state index contributed by atoms with van der Waals surface area (Å²) in [6.45, 7) is 0.403. The van der Waals surface area contributed by atoms with Gasteiger partial charge in [0.15, 0.2) is 23.0 Å². The van der Waals surface area contributed by atoms with E-state index in [0.717, 1.165) is 44.7 Å². The molecule has 214 valence electrons. The van der Waals surface area contributed by atoms with E-state index in [-0.39, 0.29) is 13.6 Å². The Bertz CT molecular complexity index is 1690. The standard InChI is InChI=1S/C38H28O4P2/c1-5-13-27(14-6-1)43(28-15-7-2-8-16-28)37-31(21-23-33-35(37)41-25-39-33)32-22-24-34-36(42-26-40-34)38(32)44(29-17-9-3-10-18-29)30-19-11-4-12-20-30/h1-24H,25-26H2. The first-order valence-electron chi connectivity index (χ1n) is 14.5. The van der Waals surface area contributed by atoms with Crippen molar-refractivity contribution in [3.8, 4) is 34.1 Å². The van der Waals surface area contributed by atoms with Crippen molar-refractivity contribution in [3.63, 3.8) is 0 Å². The number of ether oxygens (including phenoxy) is 4. The van der Waals surface area contributed by atoms with Crippen LogP contribution < -0.4 is 50.8 Å². The highest BCUT2D eigenvalue weighted by molar-refractivity contribution is 7.81. The molecular weight excluding hydrogens is 582 g/mol. The molecule has 4 nitrogen and oxygen atoms in total. The van der Waals surface area contributed by atoms with E-state index < -0.39 is 15.8 Å². The van der Waals surface area contributed by atoms with Crippen LogP contribution in [0.3, 0.4) is 0 Å². The molecule has 6 aromatic carbocycles. The summed E-state index contributed by atoms with van der Waals surface area (Å²) in [5.41, 5.74) is 2.22. The number of hydrogen-bond donors (Lipinski definition) is 0. The molecule has 0 radical (unpaired) electrons. The number of benzene rings is 6. The van der Waals surface area contributed by atoms with Crippen LogP contribution in [0.4, 0.5) is 0 Å². The highest BCUT2D eigenvalue weighted by Gasteiger charge is 2.34. The molecule has 2 aliphatic rings. The highest BCUT2D eigenvalue weighted by atomic mass is 31.1. The minimum Gasteiger partial charge on any atom is -0.454 e. The average Bonchev–Trinajstić information content (AvgIpc) is 3.78. The molecule has 0 N–H and O–H groups in total. The summed E-state index contributed by atoms with van der Waals surface area (Å²) in [5.74, 6) is 3.18. The summed E-state index contributed by atoms with van der Waals surface area (Å²) < 4.78 is 24.6. The lowest BCUT2D eigenvalue weighted by atomic mass is 10.0. The van der Waals surface area contributed by atoms with E-state index in [9.17, 15) is 0 Å². The third kappa shape index (κ3) is 4.81. The van der Waals surface area contributed by atoms with Gasteiger partial charge in [0.1, 0.15) is 0 Å². The van der Waals surface area contributed by atoms with Crippen LogP contribution in [0.25, 0.3) is 11.1 Å². The van der Waals surface area contributed by atoms with Crippen molar-refractivity contribution in [2.45, 2.75) is 0 Å². The first-order chi connectivity index (χ1) is 21.9. The minimum absolute atomic E-state index is 0.202. The smallest absolute Gasteiger partial charge is 0.231 e. The van der Waals surface area contributed by atoms with Crippen LogP contribution in [0.15, 0.2) is 146 Å². The van der Waals surface area contributed by atoms with Gasteiger partial charge < -0.3 is 18.9 Å². The molecule has 0 amide bonds. The van der Waals surface area contributed by atoms with Crippen LogP contribution in [-0.2, 0) is 0 Å². The van der Waals surface area contributed by atoms with Gasteiger partial charge in [-0.1, -0.05) is 121 Å². The summed E-state index contributed by atoms with van der Waals surface area (Å²) in [6.07, 6.45) is 0. The summed E-state index contributed by atoms with van der Waals surface area (Å²) >= 11 is 0. The van der Waals surface area contributed by atoms with Crippen molar-refractivity contribution in [1.29, 1.82) is 0 Å². The normalized spacial score (nSPS) is 13.0. The van der Waals surface area contributed by atoms with Gasteiger partial charge in [-0.05, 0) is 72.5 Å². The fourth-order valence-corrected chi connectivity index (χ4v) is 11.1. The Morgan fingerprint density at radius 3 is 0.977 bits per heavy atom. The molecule has 2 heterocycles. The third-order valence-electron chi connectivity index (χ3n) is 7.82. The van der Waals surface area contributed by atoms with Crippen LogP contribution in [0.5, 0.6) is 23.0 Å². The molecule has 0 spiro atoms. The maximum Gasteiger partial charge on any atom is 0.231 e. The molecule has 6 heteroatoms. The Labute approximate surface area is 259 Å². The minimum atomic E-state index is -1.01. The zero-order valence-electron chi connectivity index (χ0n) is 23.8. The highest BCUT2D eigenvalue weighted by Crippen LogP contribution is 2.50. The predicted molar refractivity (Wildman–Crippen MR) is 182 cm³/mol. The lowest BCUT2D eigenvalue weighted by Gasteiger charge is -2.27. The molecule has 6 aromatic rings. The molecule has 2 aliphatic heterocycles. The van der Waals surface area contributed by atoms with Crippen molar-refractivity contribution < 1.29 is 18.9 Å². The first kappa shape index (κ1) is 27.0. The molecule has 0 bridgehead atoms. The lowest BCUT2D eigenvalue weighted by molar-refractivity contribution is 0.174. The maximum atomic E-state index is 6.32. The molecule has 0 aliphatic carbocycles. The van der Waals surface area contributed by atoms with E-state index >= 15 is 0 Å². The SMILES string of the molecule is c1ccc(P(c2ccccc2)c2c(-c3ccc4c(c3P(c3ccccc3)c3ccccc3)OCO4)ccc3c2OCO3)cc1. The number of fused-ring (bicyclic) bond motifs is 2. The fourth-order valence-electron chi connectivity index (χ4n) is 5.92. The van der Waals surface area contributed by atoms with Gasteiger partial charge in [0.05, 0.1) is 0 Å². The van der Waals surface area contributed by atoms with Crippen molar-refractivity contribution >= 4 is 47.7 Å². The second kappa shape index (κ2) is 11.8. The van der Waals surface area contributed by atoms with E-state index in [1.54, 1.807) is 0 Å². The van der Waals surface area contributed by atoms with E-state index in [1.165, 1.54) is 21.2 Å². The number of hydrogen-bond acceptors (Lipinski definition) is 4. The maximum absolute atomic E-state index is 6.32. The predicted octanol–water partition coefficient (Wildman–Crippen LogP) is 6.33. The molecule has 0 saturated carbocycles. The van der Waals surface area contributed by atoms with Gasteiger partial charge in [0.2, 0.25) is 13.6 Å². The van der Waals surface area contributed by atoms with E-state index in [1.807, 2.05) is 12.1 Å². The average molecular weight is 611 g/mol. The molecule has 0 unspecified atom stereocenters. The summed E-state index contributed by atoms with van der Waals surface area (Å²) in [5, 5.41) is 7.26. The van der Waals surface area contributed by atoms with Gasteiger partial charge in [-0.25, -0.2) is 0 Å². The summed E-state index contributed by atoms with van der Waals surface area (Å²) in [4.78, 5) is 0. The van der Waals surface area contributed by atoms with Gasteiger partial charge in [-0.3, -0.25) is 0 Å². The van der Waals surface area contributed by atoms with E-state index in [0.29, 0.717) is 0 Å².